The van der Waals surface area contributed by atoms with Gasteiger partial charge in [-0.15, -0.1) is 0 Å². The zero-order chi connectivity index (χ0) is 13.3. The molecule has 1 aromatic carbocycles. The van der Waals surface area contributed by atoms with Gasteiger partial charge in [0.05, 0.1) is 6.54 Å². The molecule has 1 aromatic rings. The van der Waals surface area contributed by atoms with E-state index in [-0.39, 0.29) is 19.0 Å². The summed E-state index contributed by atoms with van der Waals surface area (Å²) in [6.45, 7) is 2.13. The molecular weight excluding hydrogens is 256 g/mol. The van der Waals surface area contributed by atoms with Crippen LogP contribution in [-0.4, -0.2) is 36.1 Å². The van der Waals surface area contributed by atoms with E-state index in [1.54, 1.807) is 25.1 Å². The number of nitrogens with one attached hydrogen (secondary N) is 1. The third kappa shape index (κ3) is 2.19. The Morgan fingerprint density at radius 3 is 2.94 bits per heavy atom. The van der Waals surface area contributed by atoms with Gasteiger partial charge in [-0.05, 0) is 24.6 Å². The number of nitrogens with zero attached hydrogens (tertiary/aromatic N) is 1. The van der Waals surface area contributed by atoms with Crippen LogP contribution in [0.4, 0.5) is 5.69 Å². The second kappa shape index (κ2) is 4.96. The Morgan fingerprint density at radius 1 is 1.56 bits per heavy atom. The maximum absolute atomic E-state index is 11.9. The monoisotopic (exact) mass is 268 g/mol. The number of carboxylic acids is 1. The van der Waals surface area contributed by atoms with Gasteiger partial charge in [0.15, 0.2) is 0 Å². The maximum Gasteiger partial charge on any atom is 0.328 e. The van der Waals surface area contributed by atoms with E-state index in [1.807, 2.05) is 0 Å². The van der Waals surface area contributed by atoms with Crippen molar-refractivity contribution < 1.29 is 14.7 Å². The molecule has 18 heavy (non-hydrogen) atoms. The zero-order valence-electron chi connectivity index (χ0n) is 9.81. The second-order valence-corrected chi connectivity index (χ2v) is 4.54. The number of amides is 1. The SMILES string of the molecule is Cc1c(Cl)cccc1N1C(=O)CNCC1C(=O)O. The molecule has 0 bridgehead atoms. The van der Waals surface area contributed by atoms with Crippen LogP contribution in [-0.2, 0) is 9.59 Å². The minimum Gasteiger partial charge on any atom is -0.480 e. The molecule has 6 heteroatoms. The molecule has 1 aliphatic rings. The first kappa shape index (κ1) is 12.9. The zero-order valence-corrected chi connectivity index (χ0v) is 10.6. The van der Waals surface area contributed by atoms with Crippen LogP contribution in [0.3, 0.4) is 0 Å². The minimum atomic E-state index is -1.03. The van der Waals surface area contributed by atoms with Crippen molar-refractivity contribution in [3.05, 3.63) is 28.8 Å². The molecule has 5 nitrogen and oxygen atoms in total. The largest absolute Gasteiger partial charge is 0.480 e. The lowest BCUT2D eigenvalue weighted by atomic mass is 10.1. The van der Waals surface area contributed by atoms with E-state index in [0.29, 0.717) is 16.3 Å². The number of halogens is 1. The number of hydrogen-bond acceptors (Lipinski definition) is 3. The van der Waals surface area contributed by atoms with Crippen molar-refractivity contribution in [2.24, 2.45) is 0 Å². The molecule has 1 atom stereocenters. The van der Waals surface area contributed by atoms with Crippen molar-refractivity contribution in [3.63, 3.8) is 0 Å². The first-order valence-electron chi connectivity index (χ1n) is 5.53. The predicted molar refractivity (Wildman–Crippen MR) is 68.0 cm³/mol. The minimum absolute atomic E-state index is 0.135. The van der Waals surface area contributed by atoms with Gasteiger partial charge in [0.25, 0.3) is 0 Å². The molecule has 1 aliphatic heterocycles. The molecule has 1 saturated heterocycles. The topological polar surface area (TPSA) is 69.6 Å². The summed E-state index contributed by atoms with van der Waals surface area (Å²) < 4.78 is 0. The summed E-state index contributed by atoms with van der Waals surface area (Å²) in [6.07, 6.45) is 0. The van der Waals surface area contributed by atoms with Crippen LogP contribution in [0.25, 0.3) is 0 Å². The van der Waals surface area contributed by atoms with E-state index < -0.39 is 12.0 Å². The average molecular weight is 269 g/mol. The number of carboxylic acid groups (broad SMARTS) is 1. The molecule has 0 aliphatic carbocycles. The molecule has 1 fully saturated rings. The van der Waals surface area contributed by atoms with Gasteiger partial charge in [-0.3, -0.25) is 9.69 Å². The van der Waals surface area contributed by atoms with E-state index in [9.17, 15) is 14.7 Å². The molecule has 0 radical (unpaired) electrons. The number of aliphatic carboxylic acids is 1. The summed E-state index contributed by atoms with van der Waals surface area (Å²) in [5.41, 5.74) is 1.27. The number of piperazine rings is 1. The molecular formula is C12H13ClN2O3. The highest BCUT2D eigenvalue weighted by Gasteiger charge is 2.35. The van der Waals surface area contributed by atoms with Gasteiger partial charge in [0, 0.05) is 17.3 Å². The number of anilines is 1. The molecule has 0 spiro atoms. The fourth-order valence-corrected chi connectivity index (χ4v) is 2.19. The third-order valence-corrected chi connectivity index (χ3v) is 3.39. The van der Waals surface area contributed by atoms with Crippen molar-refractivity contribution in [3.8, 4) is 0 Å². The number of rotatable bonds is 2. The Hall–Kier alpha value is -1.59. The van der Waals surface area contributed by atoms with Crippen molar-refractivity contribution in [2.75, 3.05) is 18.0 Å². The number of benzene rings is 1. The van der Waals surface area contributed by atoms with E-state index in [0.717, 1.165) is 0 Å². The molecule has 2 rings (SSSR count). The van der Waals surface area contributed by atoms with Gasteiger partial charge in [-0.2, -0.15) is 0 Å². The first-order chi connectivity index (χ1) is 8.52. The Bertz CT molecular complexity index is 504. The normalized spacial score (nSPS) is 20.0. The fourth-order valence-electron chi connectivity index (χ4n) is 2.02. The van der Waals surface area contributed by atoms with Crippen LogP contribution in [0, 0.1) is 6.92 Å². The molecule has 1 unspecified atom stereocenters. The van der Waals surface area contributed by atoms with Crippen LogP contribution in [0.2, 0.25) is 5.02 Å². The summed E-state index contributed by atoms with van der Waals surface area (Å²) in [5, 5.41) is 12.5. The van der Waals surface area contributed by atoms with Crippen LogP contribution in [0.15, 0.2) is 18.2 Å². The van der Waals surface area contributed by atoms with Crippen LogP contribution in [0.1, 0.15) is 5.56 Å². The molecule has 1 amide bonds. The molecule has 0 aromatic heterocycles. The fraction of sp³-hybridized carbons (Fsp3) is 0.333. The number of carbonyl (C=O) groups excluding carboxylic acids is 1. The highest BCUT2D eigenvalue weighted by atomic mass is 35.5. The quantitative estimate of drug-likeness (QED) is 0.841. The van der Waals surface area contributed by atoms with E-state index in [1.165, 1.54) is 4.90 Å². The van der Waals surface area contributed by atoms with Gasteiger partial charge in [0.2, 0.25) is 5.91 Å². The lowest BCUT2D eigenvalue weighted by Gasteiger charge is -2.34. The standard InChI is InChI=1S/C12H13ClN2O3/c1-7-8(13)3-2-4-9(7)15-10(12(17)18)5-14-6-11(15)16/h2-4,10,14H,5-6H2,1H3,(H,17,18). The summed E-state index contributed by atoms with van der Waals surface area (Å²) in [5.74, 6) is -1.30. The summed E-state index contributed by atoms with van der Waals surface area (Å²) in [6, 6.07) is 4.23. The first-order valence-corrected chi connectivity index (χ1v) is 5.91. The predicted octanol–water partition coefficient (Wildman–Crippen LogP) is 1.04. The second-order valence-electron chi connectivity index (χ2n) is 4.13. The van der Waals surface area contributed by atoms with Crippen molar-refractivity contribution in [1.82, 2.24) is 5.32 Å². The number of hydrogen-bond donors (Lipinski definition) is 2. The number of carbonyl (C=O) groups is 2. The molecule has 2 N–H and O–H groups in total. The smallest absolute Gasteiger partial charge is 0.328 e. The van der Waals surface area contributed by atoms with Gasteiger partial charge in [0.1, 0.15) is 6.04 Å². The average Bonchev–Trinajstić information content (AvgIpc) is 2.33. The Kier molecular flexibility index (Phi) is 3.54. The van der Waals surface area contributed by atoms with E-state index in [4.69, 9.17) is 11.6 Å². The van der Waals surface area contributed by atoms with Crippen molar-refractivity contribution in [1.29, 1.82) is 0 Å². The molecule has 0 saturated carbocycles. The molecule has 96 valence electrons. The summed E-state index contributed by atoms with van der Waals surface area (Å²) in [4.78, 5) is 24.4. The maximum atomic E-state index is 11.9. The van der Waals surface area contributed by atoms with E-state index in [2.05, 4.69) is 5.32 Å². The molecule has 1 heterocycles. The van der Waals surface area contributed by atoms with Gasteiger partial charge >= 0.3 is 5.97 Å². The lowest BCUT2D eigenvalue weighted by Crippen LogP contribution is -2.58. The Balaban J connectivity index is 2.47. The summed E-state index contributed by atoms with van der Waals surface area (Å²) in [7, 11) is 0. The Morgan fingerprint density at radius 2 is 2.28 bits per heavy atom. The van der Waals surface area contributed by atoms with Crippen molar-refractivity contribution in [2.45, 2.75) is 13.0 Å². The summed E-state index contributed by atoms with van der Waals surface area (Å²) >= 11 is 6.01. The van der Waals surface area contributed by atoms with Gasteiger partial charge in [-0.1, -0.05) is 17.7 Å². The van der Waals surface area contributed by atoms with Crippen LogP contribution < -0.4 is 10.2 Å². The van der Waals surface area contributed by atoms with Crippen LogP contribution >= 0.6 is 11.6 Å². The van der Waals surface area contributed by atoms with Crippen LogP contribution in [0.5, 0.6) is 0 Å². The highest BCUT2D eigenvalue weighted by Crippen LogP contribution is 2.28. The van der Waals surface area contributed by atoms with Gasteiger partial charge < -0.3 is 10.4 Å². The van der Waals surface area contributed by atoms with Crippen molar-refractivity contribution >= 4 is 29.2 Å². The highest BCUT2D eigenvalue weighted by molar-refractivity contribution is 6.31. The third-order valence-electron chi connectivity index (χ3n) is 2.98. The van der Waals surface area contributed by atoms with Gasteiger partial charge in [-0.25, -0.2) is 4.79 Å². The Labute approximate surface area is 109 Å². The van der Waals surface area contributed by atoms with E-state index >= 15 is 0 Å². The lowest BCUT2D eigenvalue weighted by molar-refractivity contribution is -0.140.